The van der Waals surface area contributed by atoms with Gasteiger partial charge in [0.1, 0.15) is 0 Å². The minimum atomic E-state index is 0.606. The summed E-state index contributed by atoms with van der Waals surface area (Å²) in [5.74, 6) is 0.627. The summed E-state index contributed by atoms with van der Waals surface area (Å²) in [5, 5.41) is 7.41. The second kappa shape index (κ2) is 8.12. The van der Waals surface area contributed by atoms with E-state index in [4.69, 9.17) is 0 Å². The molecule has 5 rings (SSSR count). The lowest BCUT2D eigenvalue weighted by atomic mass is 9.79. The first kappa shape index (κ1) is 19.7. The zero-order valence-electron chi connectivity index (χ0n) is 18.6. The van der Waals surface area contributed by atoms with Crippen LogP contribution in [0, 0.1) is 0 Å². The van der Waals surface area contributed by atoms with Crippen molar-refractivity contribution in [3.8, 4) is 0 Å². The number of hydrogen-bond donors (Lipinski definition) is 2. The summed E-state index contributed by atoms with van der Waals surface area (Å²) in [7, 11) is 6.64. The molecule has 0 spiro atoms. The number of nitrogens with one attached hydrogen (secondary N) is 2. The average molecular weight is 406 g/mol. The molecule has 3 aliphatic rings. The summed E-state index contributed by atoms with van der Waals surface area (Å²) in [6, 6.07) is 17.1. The summed E-state index contributed by atoms with van der Waals surface area (Å²) in [5.41, 5.74) is 6.50. The highest BCUT2D eigenvalue weighted by atomic mass is 15.2. The molecule has 2 aromatic rings. The molecule has 2 heterocycles. The molecule has 3 unspecified atom stereocenters. The van der Waals surface area contributed by atoms with E-state index >= 15 is 0 Å². The van der Waals surface area contributed by atoms with Gasteiger partial charge in [0, 0.05) is 66.9 Å². The van der Waals surface area contributed by atoms with Gasteiger partial charge in [-0.1, -0.05) is 0 Å². The fourth-order valence-corrected chi connectivity index (χ4v) is 5.40. The molecule has 1 aliphatic carbocycles. The lowest BCUT2D eigenvalue weighted by molar-refractivity contribution is 0.208. The summed E-state index contributed by atoms with van der Waals surface area (Å²) in [6.07, 6.45) is 3.81. The monoisotopic (exact) mass is 405 g/mol. The van der Waals surface area contributed by atoms with Gasteiger partial charge in [0.25, 0.3) is 0 Å². The van der Waals surface area contributed by atoms with E-state index in [9.17, 15) is 0 Å². The van der Waals surface area contributed by atoms with Gasteiger partial charge in [-0.3, -0.25) is 0 Å². The van der Waals surface area contributed by atoms with Crippen LogP contribution in [-0.4, -0.2) is 69.2 Å². The van der Waals surface area contributed by atoms with Crippen molar-refractivity contribution in [2.75, 3.05) is 62.9 Å². The number of hydrogen-bond acceptors (Lipinski definition) is 5. The molecule has 0 bridgehead atoms. The molecule has 1 saturated carbocycles. The predicted octanol–water partition coefficient (Wildman–Crippen LogP) is 4.17. The average Bonchev–Trinajstić information content (AvgIpc) is 3.12. The summed E-state index contributed by atoms with van der Waals surface area (Å²) in [6.45, 7) is 4.50. The Bertz CT molecular complexity index is 870. The third-order valence-electron chi connectivity index (χ3n) is 7.37. The van der Waals surface area contributed by atoms with Crippen LogP contribution in [0.3, 0.4) is 0 Å². The van der Waals surface area contributed by atoms with Crippen molar-refractivity contribution in [3.05, 3.63) is 48.0 Å². The molecule has 0 radical (unpaired) electrons. The van der Waals surface area contributed by atoms with Crippen LogP contribution < -0.4 is 15.5 Å². The minimum absolute atomic E-state index is 0.606. The van der Waals surface area contributed by atoms with Crippen molar-refractivity contribution >= 4 is 22.7 Å². The second-order valence-electron chi connectivity index (χ2n) is 9.55. The van der Waals surface area contributed by atoms with Crippen molar-refractivity contribution in [2.24, 2.45) is 0 Å². The molecule has 0 amide bonds. The number of fused-ring (bicyclic) bond motifs is 3. The normalized spacial score (nSPS) is 26.3. The van der Waals surface area contributed by atoms with Crippen molar-refractivity contribution in [1.29, 1.82) is 0 Å². The van der Waals surface area contributed by atoms with E-state index < -0.39 is 0 Å². The van der Waals surface area contributed by atoms with Crippen molar-refractivity contribution < 1.29 is 0 Å². The molecule has 5 heteroatoms. The maximum Gasteiger partial charge on any atom is 0.0388 e. The molecule has 2 aromatic carbocycles. The van der Waals surface area contributed by atoms with Crippen LogP contribution in [0.2, 0.25) is 0 Å². The van der Waals surface area contributed by atoms with Gasteiger partial charge in [-0.2, -0.15) is 0 Å². The highest BCUT2D eigenvalue weighted by Gasteiger charge is 2.38. The third kappa shape index (κ3) is 3.88. The number of likely N-dealkylation sites (N-methyl/N-ethyl adjacent to an activating group) is 1. The first-order chi connectivity index (χ1) is 14.6. The number of rotatable bonds is 4. The first-order valence-corrected chi connectivity index (χ1v) is 11.4. The Morgan fingerprint density at radius 1 is 0.933 bits per heavy atom. The number of nitrogens with zero attached hydrogens (tertiary/aromatic N) is 3. The van der Waals surface area contributed by atoms with Gasteiger partial charge >= 0.3 is 0 Å². The molecule has 2 N–H and O–H groups in total. The van der Waals surface area contributed by atoms with E-state index in [2.05, 4.69) is 88.9 Å². The van der Waals surface area contributed by atoms with E-state index in [0.29, 0.717) is 18.0 Å². The van der Waals surface area contributed by atoms with Crippen LogP contribution in [0.5, 0.6) is 0 Å². The molecule has 30 heavy (non-hydrogen) atoms. The molecular formula is C25H35N5. The van der Waals surface area contributed by atoms with Crippen molar-refractivity contribution in [1.82, 2.24) is 9.80 Å². The molecule has 1 saturated heterocycles. The lowest BCUT2D eigenvalue weighted by Crippen LogP contribution is -2.44. The number of anilines is 4. The van der Waals surface area contributed by atoms with Crippen molar-refractivity contribution in [2.45, 2.75) is 37.3 Å². The number of benzene rings is 2. The fourth-order valence-electron chi connectivity index (χ4n) is 5.40. The minimum Gasteiger partial charge on any atom is -0.381 e. The summed E-state index contributed by atoms with van der Waals surface area (Å²) < 4.78 is 0. The Morgan fingerprint density at radius 2 is 1.67 bits per heavy atom. The summed E-state index contributed by atoms with van der Waals surface area (Å²) in [4.78, 5) is 7.28. The molecular weight excluding hydrogens is 370 g/mol. The maximum absolute atomic E-state index is 3.78. The second-order valence-corrected chi connectivity index (χ2v) is 9.55. The SMILES string of the molecule is CN1CCN(c2ccc(Nc3ccc4c(c3)C3CC(N(C)C)CCC3N4)cc2)CC1. The van der Waals surface area contributed by atoms with Crippen LogP contribution in [0.15, 0.2) is 42.5 Å². The molecule has 2 fully saturated rings. The molecule has 2 aliphatic heterocycles. The van der Waals surface area contributed by atoms with E-state index in [1.165, 1.54) is 41.9 Å². The Balaban J connectivity index is 1.28. The highest BCUT2D eigenvalue weighted by Crippen LogP contribution is 2.45. The lowest BCUT2D eigenvalue weighted by Gasteiger charge is -2.35. The Morgan fingerprint density at radius 3 is 2.40 bits per heavy atom. The van der Waals surface area contributed by atoms with Gasteiger partial charge in [0.2, 0.25) is 0 Å². The van der Waals surface area contributed by atoms with Gasteiger partial charge < -0.3 is 25.3 Å². The van der Waals surface area contributed by atoms with Gasteiger partial charge in [0.05, 0.1) is 0 Å². The van der Waals surface area contributed by atoms with Gasteiger partial charge in [-0.05, 0) is 88.4 Å². The molecule has 0 aromatic heterocycles. The van der Waals surface area contributed by atoms with Gasteiger partial charge in [-0.15, -0.1) is 0 Å². The summed E-state index contributed by atoms with van der Waals surface area (Å²) >= 11 is 0. The maximum atomic E-state index is 3.78. The fraction of sp³-hybridized carbons (Fsp3) is 0.520. The third-order valence-corrected chi connectivity index (χ3v) is 7.37. The Hall–Kier alpha value is -2.24. The van der Waals surface area contributed by atoms with Crippen molar-refractivity contribution in [3.63, 3.8) is 0 Å². The predicted molar refractivity (Wildman–Crippen MR) is 127 cm³/mol. The van der Waals surface area contributed by atoms with E-state index in [0.717, 1.165) is 31.9 Å². The van der Waals surface area contributed by atoms with Gasteiger partial charge in [-0.25, -0.2) is 0 Å². The Labute approximate surface area is 181 Å². The molecule has 160 valence electrons. The largest absolute Gasteiger partial charge is 0.381 e. The Kier molecular flexibility index (Phi) is 5.34. The topological polar surface area (TPSA) is 33.8 Å². The van der Waals surface area contributed by atoms with Crippen LogP contribution in [0.4, 0.5) is 22.7 Å². The zero-order chi connectivity index (χ0) is 20.7. The number of piperazine rings is 1. The highest BCUT2D eigenvalue weighted by molar-refractivity contribution is 5.70. The van der Waals surface area contributed by atoms with Crippen LogP contribution >= 0.6 is 0 Å². The van der Waals surface area contributed by atoms with Crippen LogP contribution in [0.1, 0.15) is 30.7 Å². The van der Waals surface area contributed by atoms with Crippen LogP contribution in [-0.2, 0) is 0 Å². The zero-order valence-corrected chi connectivity index (χ0v) is 18.6. The molecule has 3 atom stereocenters. The van der Waals surface area contributed by atoms with E-state index in [1.807, 2.05) is 0 Å². The van der Waals surface area contributed by atoms with E-state index in [1.54, 1.807) is 0 Å². The first-order valence-electron chi connectivity index (χ1n) is 11.4. The quantitative estimate of drug-likeness (QED) is 0.798. The van der Waals surface area contributed by atoms with E-state index in [-0.39, 0.29) is 0 Å². The van der Waals surface area contributed by atoms with Gasteiger partial charge in [0.15, 0.2) is 0 Å². The molecule has 5 nitrogen and oxygen atoms in total. The van der Waals surface area contributed by atoms with Crippen LogP contribution in [0.25, 0.3) is 0 Å². The smallest absolute Gasteiger partial charge is 0.0388 e. The standard InChI is InChI=1S/C25H35N5/c1-28(2)21-9-11-25-23(17-21)22-16-19(6-10-24(22)27-25)26-18-4-7-20(8-5-18)30-14-12-29(3)13-15-30/h4-8,10,16,21,23,25-27H,9,11-15,17H2,1-3H3.